The van der Waals surface area contributed by atoms with Gasteiger partial charge in [0.25, 0.3) is 0 Å². The Kier molecular flexibility index (Phi) is 68.7. The summed E-state index contributed by atoms with van der Waals surface area (Å²) in [6, 6.07) is 0. The van der Waals surface area contributed by atoms with Crippen molar-refractivity contribution >= 4 is 39.5 Å². The van der Waals surface area contributed by atoms with Gasteiger partial charge in [-0.3, -0.25) is 37.3 Å². The normalized spacial score (nSPS) is 13.9. The number of unbranched alkanes of at least 4 members (excludes halogenated alkanes) is 49. The fourth-order valence-electron chi connectivity index (χ4n) is 11.9. The summed E-state index contributed by atoms with van der Waals surface area (Å²) < 4.78 is 68.3. The van der Waals surface area contributed by atoms with Crippen LogP contribution in [-0.2, 0) is 65.4 Å². The highest BCUT2D eigenvalue weighted by Gasteiger charge is 2.30. The molecule has 570 valence electrons. The molecule has 0 spiro atoms. The third-order valence-electron chi connectivity index (χ3n) is 18.0. The lowest BCUT2D eigenvalue weighted by atomic mass is 10.0. The molecule has 0 amide bonds. The molecule has 0 radical (unpaired) electrons. The molecule has 0 heterocycles. The molecule has 0 bridgehead atoms. The fourth-order valence-corrected chi connectivity index (χ4v) is 13.5. The molecule has 0 rings (SSSR count). The molecule has 2 unspecified atom stereocenters. The second-order valence-electron chi connectivity index (χ2n) is 28.2. The van der Waals surface area contributed by atoms with Crippen LogP contribution in [-0.4, -0.2) is 96.7 Å². The standard InChI is InChI=1S/C77H150O17P2/c1-6-9-12-15-17-19-21-23-25-27-28-29-30-31-32-34-36-38-43-47-52-57-62-77(82)94-73(67-88-75(80)61-56-51-46-42-37-35-33-26-24-22-20-18-16-13-10-7-2)69-92-96(85,86)90-65-71(78)64-89-95(83,84)91-68-72(66-87-74(79)60-55-49-14-11-8-3)93-76(81)63-58-53-48-44-40-39-41-45-50-54-59-70(4)5/h70-73,78H,6-69H2,1-5H3,(H,83,84)(H,85,86)/t71-,72+,73+/m0/s1. The molecule has 17 nitrogen and oxygen atoms in total. The highest BCUT2D eigenvalue weighted by Crippen LogP contribution is 2.45. The number of aliphatic hydroxyl groups excluding tert-OH is 1. The molecule has 0 fully saturated rings. The SMILES string of the molecule is CCCCCCCCCCCCCCCCCCCCCCCCC(=O)O[C@H](COC(=O)CCCCCCCCCCCCCCCCCC)COP(=O)(O)OC[C@@H](O)COP(=O)(O)OC[C@@H](COC(=O)CCCCCCC)OC(=O)CCCCCCCCCCCCC(C)C. The van der Waals surface area contributed by atoms with Gasteiger partial charge in [-0.1, -0.05) is 356 Å². The summed E-state index contributed by atoms with van der Waals surface area (Å²) in [6.45, 7) is 7.19. The third kappa shape index (κ3) is 70.5. The zero-order valence-electron chi connectivity index (χ0n) is 62.5. The van der Waals surface area contributed by atoms with E-state index in [0.717, 1.165) is 102 Å². The van der Waals surface area contributed by atoms with E-state index in [-0.39, 0.29) is 25.7 Å². The van der Waals surface area contributed by atoms with Gasteiger partial charge in [-0.05, 0) is 31.6 Å². The molecule has 0 saturated carbocycles. The Morgan fingerprint density at radius 1 is 0.281 bits per heavy atom. The Morgan fingerprint density at radius 2 is 0.479 bits per heavy atom. The van der Waals surface area contributed by atoms with Crippen LogP contribution in [0.5, 0.6) is 0 Å². The average Bonchev–Trinajstić information content (AvgIpc) is 3.06. The van der Waals surface area contributed by atoms with Crippen molar-refractivity contribution in [3.8, 4) is 0 Å². The first-order valence-electron chi connectivity index (χ1n) is 40.1. The predicted molar refractivity (Wildman–Crippen MR) is 391 cm³/mol. The number of hydrogen-bond acceptors (Lipinski definition) is 15. The van der Waals surface area contributed by atoms with E-state index in [1.165, 1.54) is 225 Å². The van der Waals surface area contributed by atoms with Crippen molar-refractivity contribution in [2.45, 2.75) is 425 Å². The van der Waals surface area contributed by atoms with Crippen molar-refractivity contribution in [3.63, 3.8) is 0 Å². The zero-order valence-corrected chi connectivity index (χ0v) is 64.3. The Bertz CT molecular complexity index is 1840. The van der Waals surface area contributed by atoms with E-state index in [1.54, 1.807) is 0 Å². The molecule has 0 aliphatic carbocycles. The van der Waals surface area contributed by atoms with Gasteiger partial charge in [0.2, 0.25) is 0 Å². The Morgan fingerprint density at radius 3 is 0.708 bits per heavy atom. The van der Waals surface area contributed by atoms with Crippen LogP contribution >= 0.6 is 15.6 Å². The first-order valence-corrected chi connectivity index (χ1v) is 43.1. The molecule has 3 N–H and O–H groups in total. The molecule has 0 aromatic carbocycles. The summed E-state index contributed by atoms with van der Waals surface area (Å²) in [7, 11) is -9.90. The van der Waals surface area contributed by atoms with Crippen LogP contribution in [0.2, 0.25) is 0 Å². The van der Waals surface area contributed by atoms with Crippen molar-refractivity contribution in [2.24, 2.45) is 5.92 Å². The van der Waals surface area contributed by atoms with Crippen molar-refractivity contribution in [2.75, 3.05) is 39.6 Å². The van der Waals surface area contributed by atoms with E-state index in [2.05, 4.69) is 34.6 Å². The Labute approximate surface area is 588 Å². The number of rotatable bonds is 77. The van der Waals surface area contributed by atoms with Gasteiger partial charge < -0.3 is 33.8 Å². The minimum absolute atomic E-state index is 0.105. The molecule has 19 heteroatoms. The van der Waals surface area contributed by atoms with Gasteiger partial charge >= 0.3 is 39.5 Å². The summed E-state index contributed by atoms with van der Waals surface area (Å²) in [5.74, 6) is -1.37. The number of esters is 4. The maximum absolute atomic E-state index is 13.1. The fraction of sp³-hybridized carbons (Fsp3) is 0.948. The van der Waals surface area contributed by atoms with E-state index in [9.17, 15) is 43.2 Å². The van der Waals surface area contributed by atoms with Crippen LogP contribution < -0.4 is 0 Å². The van der Waals surface area contributed by atoms with Gasteiger partial charge in [0.15, 0.2) is 12.2 Å². The van der Waals surface area contributed by atoms with Gasteiger partial charge in [-0.15, -0.1) is 0 Å². The lowest BCUT2D eigenvalue weighted by molar-refractivity contribution is -0.161. The van der Waals surface area contributed by atoms with E-state index >= 15 is 0 Å². The number of hydrogen-bond donors (Lipinski definition) is 3. The van der Waals surface area contributed by atoms with Crippen molar-refractivity contribution in [1.29, 1.82) is 0 Å². The topological polar surface area (TPSA) is 237 Å². The lowest BCUT2D eigenvalue weighted by Crippen LogP contribution is -2.30. The maximum atomic E-state index is 13.1. The summed E-state index contributed by atoms with van der Waals surface area (Å²) in [6.07, 6.45) is 60.3. The highest BCUT2D eigenvalue weighted by molar-refractivity contribution is 7.47. The van der Waals surface area contributed by atoms with Gasteiger partial charge in [-0.2, -0.15) is 0 Å². The van der Waals surface area contributed by atoms with Gasteiger partial charge in [-0.25, -0.2) is 9.13 Å². The Balaban J connectivity index is 5.11. The molecule has 0 aliphatic heterocycles. The third-order valence-corrected chi connectivity index (χ3v) is 19.9. The number of carbonyl (C=O) groups is 4. The molecule has 5 atom stereocenters. The van der Waals surface area contributed by atoms with Crippen LogP contribution in [0.4, 0.5) is 0 Å². The van der Waals surface area contributed by atoms with Gasteiger partial charge in [0, 0.05) is 25.7 Å². The maximum Gasteiger partial charge on any atom is 0.472 e. The van der Waals surface area contributed by atoms with Crippen LogP contribution in [0.25, 0.3) is 0 Å². The minimum Gasteiger partial charge on any atom is -0.462 e. The molecule has 0 aromatic heterocycles. The molecular formula is C77H150O17P2. The van der Waals surface area contributed by atoms with Crippen molar-refractivity contribution in [1.82, 2.24) is 0 Å². The molecule has 0 aliphatic rings. The largest absolute Gasteiger partial charge is 0.472 e. The van der Waals surface area contributed by atoms with E-state index in [1.807, 2.05) is 0 Å². The second kappa shape index (κ2) is 70.1. The monoisotopic (exact) mass is 1410 g/mol. The highest BCUT2D eigenvalue weighted by atomic mass is 31.2. The van der Waals surface area contributed by atoms with Crippen molar-refractivity contribution in [3.05, 3.63) is 0 Å². The Hall–Kier alpha value is -1.94. The van der Waals surface area contributed by atoms with E-state index < -0.39 is 97.5 Å². The summed E-state index contributed by atoms with van der Waals surface area (Å²) in [4.78, 5) is 72.5. The molecular weight excluding hydrogens is 1260 g/mol. The number of phosphoric acid groups is 2. The second-order valence-corrected chi connectivity index (χ2v) is 31.1. The van der Waals surface area contributed by atoms with E-state index in [0.29, 0.717) is 25.7 Å². The van der Waals surface area contributed by atoms with Crippen molar-refractivity contribution < 1.29 is 80.2 Å². The molecule has 0 saturated heterocycles. The quantitative estimate of drug-likeness (QED) is 0.0222. The number of phosphoric ester groups is 2. The molecule has 96 heavy (non-hydrogen) atoms. The predicted octanol–water partition coefficient (Wildman–Crippen LogP) is 22.9. The average molecular weight is 1410 g/mol. The van der Waals surface area contributed by atoms with Gasteiger partial charge in [0.1, 0.15) is 19.3 Å². The number of ether oxygens (including phenoxy) is 4. The van der Waals surface area contributed by atoms with Crippen LogP contribution in [0.15, 0.2) is 0 Å². The lowest BCUT2D eigenvalue weighted by Gasteiger charge is -2.21. The number of aliphatic hydroxyl groups is 1. The zero-order chi connectivity index (χ0) is 70.5. The van der Waals surface area contributed by atoms with E-state index in [4.69, 9.17) is 37.0 Å². The minimum atomic E-state index is -4.96. The number of carbonyl (C=O) groups excluding carboxylic acids is 4. The van der Waals surface area contributed by atoms with Crippen LogP contribution in [0, 0.1) is 5.92 Å². The summed E-state index contributed by atoms with van der Waals surface area (Å²) >= 11 is 0. The molecule has 0 aromatic rings. The van der Waals surface area contributed by atoms with Gasteiger partial charge in [0.05, 0.1) is 26.4 Å². The van der Waals surface area contributed by atoms with Crippen LogP contribution in [0.1, 0.15) is 407 Å². The first kappa shape index (κ1) is 94.1. The first-order chi connectivity index (χ1) is 46.5. The summed E-state index contributed by atoms with van der Waals surface area (Å²) in [5.41, 5.74) is 0. The summed E-state index contributed by atoms with van der Waals surface area (Å²) in [5, 5.41) is 10.6. The van der Waals surface area contributed by atoms with Crippen LogP contribution in [0.3, 0.4) is 0 Å². The smallest absolute Gasteiger partial charge is 0.462 e.